The zero-order chi connectivity index (χ0) is 14.7. The van der Waals surface area contributed by atoms with Crippen LogP contribution < -0.4 is 5.32 Å². The highest BCUT2D eigenvalue weighted by Crippen LogP contribution is 2.20. The van der Waals surface area contributed by atoms with Gasteiger partial charge in [0, 0.05) is 25.8 Å². The lowest BCUT2D eigenvalue weighted by atomic mass is 10.1. The average molecular weight is 278 g/mol. The van der Waals surface area contributed by atoms with Crippen molar-refractivity contribution in [2.24, 2.45) is 7.05 Å². The van der Waals surface area contributed by atoms with Crippen molar-refractivity contribution in [3.63, 3.8) is 0 Å². The number of imide groups is 1. The summed E-state index contributed by atoms with van der Waals surface area (Å²) in [5.41, 5.74) is 0.992. The first-order valence-electron chi connectivity index (χ1n) is 7.14. The molecule has 1 aliphatic rings. The molecule has 1 aromatic heterocycles. The second-order valence-corrected chi connectivity index (χ2v) is 5.16. The van der Waals surface area contributed by atoms with E-state index in [4.69, 9.17) is 0 Å². The van der Waals surface area contributed by atoms with Crippen LogP contribution in [0.15, 0.2) is 12.3 Å². The van der Waals surface area contributed by atoms with Gasteiger partial charge in [-0.05, 0) is 18.9 Å². The Labute approximate surface area is 119 Å². The molecule has 1 unspecified atom stereocenters. The van der Waals surface area contributed by atoms with E-state index in [1.165, 1.54) is 4.90 Å². The Hall–Kier alpha value is -1.69. The van der Waals surface area contributed by atoms with Crippen LogP contribution in [0.5, 0.6) is 0 Å². The molecule has 2 amide bonds. The summed E-state index contributed by atoms with van der Waals surface area (Å²) in [6.07, 6.45) is 3.59. The summed E-state index contributed by atoms with van der Waals surface area (Å²) in [7, 11) is 1.86. The third-order valence-electron chi connectivity index (χ3n) is 3.94. The number of carbonyl (C=O) groups excluding carboxylic acids is 2. The smallest absolute Gasteiger partial charge is 0.247 e. The Balaban J connectivity index is 1.99. The molecule has 1 atom stereocenters. The summed E-state index contributed by atoms with van der Waals surface area (Å²) >= 11 is 0. The zero-order valence-electron chi connectivity index (χ0n) is 12.3. The van der Waals surface area contributed by atoms with Gasteiger partial charge in [0.2, 0.25) is 11.8 Å². The monoisotopic (exact) mass is 278 g/mol. The van der Waals surface area contributed by atoms with E-state index in [0.29, 0.717) is 6.54 Å². The fourth-order valence-electron chi connectivity index (χ4n) is 2.65. The van der Waals surface area contributed by atoms with E-state index in [-0.39, 0.29) is 24.3 Å². The van der Waals surface area contributed by atoms with Crippen molar-refractivity contribution >= 4 is 11.8 Å². The predicted molar refractivity (Wildman–Crippen MR) is 74.7 cm³/mol. The number of hydrogen-bond donors (Lipinski definition) is 1. The van der Waals surface area contributed by atoms with E-state index in [2.05, 4.69) is 10.4 Å². The van der Waals surface area contributed by atoms with Crippen LogP contribution in [0, 0.1) is 0 Å². The molecular formula is C14H22N4O2. The first-order chi connectivity index (χ1) is 9.58. The van der Waals surface area contributed by atoms with E-state index >= 15 is 0 Å². The summed E-state index contributed by atoms with van der Waals surface area (Å²) in [5.74, 6) is -0.155. The normalized spacial score (nSPS) is 19.4. The van der Waals surface area contributed by atoms with Crippen molar-refractivity contribution < 1.29 is 9.59 Å². The molecule has 1 N–H and O–H groups in total. The van der Waals surface area contributed by atoms with Crippen molar-refractivity contribution in [3.05, 3.63) is 18.0 Å². The van der Waals surface area contributed by atoms with Crippen LogP contribution in [-0.4, -0.2) is 38.6 Å². The zero-order valence-corrected chi connectivity index (χ0v) is 12.3. The van der Waals surface area contributed by atoms with Crippen LogP contribution in [0.25, 0.3) is 0 Å². The highest BCUT2D eigenvalue weighted by Gasteiger charge is 2.40. The molecule has 2 heterocycles. The van der Waals surface area contributed by atoms with Gasteiger partial charge < -0.3 is 0 Å². The number of amides is 2. The molecule has 20 heavy (non-hydrogen) atoms. The Kier molecular flexibility index (Phi) is 4.54. The highest BCUT2D eigenvalue weighted by molar-refractivity contribution is 6.05. The van der Waals surface area contributed by atoms with Crippen LogP contribution in [0.3, 0.4) is 0 Å². The van der Waals surface area contributed by atoms with Gasteiger partial charge in [0.05, 0.1) is 18.2 Å². The van der Waals surface area contributed by atoms with Crippen LogP contribution in [0.2, 0.25) is 0 Å². The van der Waals surface area contributed by atoms with E-state index < -0.39 is 6.04 Å². The molecule has 0 radical (unpaired) electrons. The number of likely N-dealkylation sites (tertiary alicyclic amines) is 1. The van der Waals surface area contributed by atoms with Crippen molar-refractivity contribution in [2.45, 2.75) is 51.7 Å². The number of hydrogen-bond acceptors (Lipinski definition) is 4. The van der Waals surface area contributed by atoms with Gasteiger partial charge in [0.25, 0.3) is 0 Å². The van der Waals surface area contributed by atoms with Crippen LogP contribution in [0.1, 0.15) is 38.8 Å². The van der Waals surface area contributed by atoms with Gasteiger partial charge >= 0.3 is 0 Å². The summed E-state index contributed by atoms with van der Waals surface area (Å²) in [4.78, 5) is 25.8. The molecule has 0 bridgehead atoms. The van der Waals surface area contributed by atoms with E-state index in [1.807, 2.05) is 27.0 Å². The molecule has 1 fully saturated rings. The van der Waals surface area contributed by atoms with Crippen molar-refractivity contribution in [3.8, 4) is 0 Å². The number of aromatic nitrogens is 2. The lowest BCUT2D eigenvalue weighted by molar-refractivity contribution is -0.141. The van der Waals surface area contributed by atoms with Gasteiger partial charge in [-0.2, -0.15) is 5.10 Å². The maximum absolute atomic E-state index is 12.3. The minimum absolute atomic E-state index is 0.0264. The molecule has 6 heteroatoms. The topological polar surface area (TPSA) is 67.2 Å². The molecular weight excluding hydrogens is 256 g/mol. The van der Waals surface area contributed by atoms with Crippen molar-refractivity contribution in [2.75, 3.05) is 0 Å². The summed E-state index contributed by atoms with van der Waals surface area (Å²) in [6.45, 7) is 4.55. The SMILES string of the molecule is CCC(CC)N1C(=O)CC(NCc2ccnn2C)C1=O. The van der Waals surface area contributed by atoms with Crippen LogP contribution in [0.4, 0.5) is 0 Å². The van der Waals surface area contributed by atoms with Gasteiger partial charge in [0.1, 0.15) is 0 Å². The molecule has 1 saturated heterocycles. The molecule has 0 aliphatic carbocycles. The summed E-state index contributed by atoms with van der Waals surface area (Å²) in [5, 5.41) is 7.25. The number of aryl methyl sites for hydroxylation is 1. The number of nitrogens with one attached hydrogen (secondary N) is 1. The predicted octanol–water partition coefficient (Wildman–Crippen LogP) is 0.826. The van der Waals surface area contributed by atoms with Crippen molar-refractivity contribution in [1.82, 2.24) is 20.0 Å². The molecule has 0 spiro atoms. The molecule has 0 aromatic carbocycles. The van der Waals surface area contributed by atoms with E-state index in [1.54, 1.807) is 10.9 Å². The van der Waals surface area contributed by atoms with Gasteiger partial charge in [0.15, 0.2) is 0 Å². The largest absolute Gasteiger partial charge is 0.300 e. The van der Waals surface area contributed by atoms with Gasteiger partial charge in [-0.3, -0.25) is 24.5 Å². The average Bonchev–Trinajstić information content (AvgIpc) is 2.95. The van der Waals surface area contributed by atoms with Gasteiger partial charge in [-0.25, -0.2) is 0 Å². The van der Waals surface area contributed by atoms with Gasteiger partial charge in [-0.1, -0.05) is 13.8 Å². The van der Waals surface area contributed by atoms with Crippen LogP contribution >= 0.6 is 0 Å². The minimum Gasteiger partial charge on any atom is -0.300 e. The second-order valence-electron chi connectivity index (χ2n) is 5.16. The maximum Gasteiger partial charge on any atom is 0.247 e. The van der Waals surface area contributed by atoms with E-state index in [0.717, 1.165) is 18.5 Å². The minimum atomic E-state index is -0.405. The quantitative estimate of drug-likeness (QED) is 0.783. The Morgan fingerprint density at radius 1 is 1.40 bits per heavy atom. The second kappa shape index (κ2) is 6.17. The summed E-state index contributed by atoms with van der Waals surface area (Å²) < 4.78 is 1.76. The Bertz CT molecular complexity index is 493. The Morgan fingerprint density at radius 2 is 2.10 bits per heavy atom. The molecule has 110 valence electrons. The van der Waals surface area contributed by atoms with Gasteiger partial charge in [-0.15, -0.1) is 0 Å². The molecule has 1 aliphatic heterocycles. The number of nitrogens with zero attached hydrogens (tertiary/aromatic N) is 3. The lowest BCUT2D eigenvalue weighted by Crippen LogP contribution is -2.43. The lowest BCUT2D eigenvalue weighted by Gasteiger charge is -2.24. The fraction of sp³-hybridized carbons (Fsp3) is 0.643. The highest BCUT2D eigenvalue weighted by atomic mass is 16.2. The molecule has 0 saturated carbocycles. The number of carbonyl (C=O) groups is 2. The Morgan fingerprint density at radius 3 is 2.65 bits per heavy atom. The molecule has 6 nitrogen and oxygen atoms in total. The first-order valence-corrected chi connectivity index (χ1v) is 7.14. The standard InChI is InChI=1S/C14H22N4O2/c1-4-10(5-2)18-13(19)8-12(14(18)20)15-9-11-6-7-16-17(11)3/h6-7,10,12,15H,4-5,8-9H2,1-3H3. The molecule has 1 aromatic rings. The molecule has 2 rings (SSSR count). The number of rotatable bonds is 6. The third-order valence-corrected chi connectivity index (χ3v) is 3.94. The van der Waals surface area contributed by atoms with E-state index in [9.17, 15) is 9.59 Å². The third kappa shape index (κ3) is 2.75. The van der Waals surface area contributed by atoms with Crippen LogP contribution in [-0.2, 0) is 23.2 Å². The van der Waals surface area contributed by atoms with Crippen molar-refractivity contribution in [1.29, 1.82) is 0 Å². The fourth-order valence-corrected chi connectivity index (χ4v) is 2.65. The summed E-state index contributed by atoms with van der Waals surface area (Å²) in [6, 6.07) is 1.52. The first kappa shape index (κ1) is 14.7. The maximum atomic E-state index is 12.3.